The van der Waals surface area contributed by atoms with Gasteiger partial charge in [-0.15, -0.1) is 24.0 Å². The van der Waals surface area contributed by atoms with Gasteiger partial charge >= 0.3 is 0 Å². The summed E-state index contributed by atoms with van der Waals surface area (Å²) in [6.45, 7) is 0.755. The van der Waals surface area contributed by atoms with Crippen molar-refractivity contribution in [2.45, 2.75) is 6.54 Å². The Hall–Kier alpha value is -0.240. The first-order valence-electron chi connectivity index (χ1n) is 4.28. The molecule has 1 heterocycles. The molecule has 4 nitrogen and oxygen atoms in total. The number of nitrogens with two attached hydrogens (primary N) is 1. The summed E-state index contributed by atoms with van der Waals surface area (Å²) in [5, 5.41) is 0. The topological polar surface area (TPSA) is 46.5 Å². The molecule has 0 saturated carbocycles. The van der Waals surface area contributed by atoms with Crippen LogP contribution in [0.4, 0.5) is 0 Å². The molecule has 0 aromatic carbocycles. The van der Waals surface area contributed by atoms with Crippen LogP contribution in [0.25, 0.3) is 0 Å². The van der Waals surface area contributed by atoms with Gasteiger partial charge < -0.3 is 15.2 Å². The first kappa shape index (κ1) is 14.8. The fourth-order valence-corrected chi connectivity index (χ4v) is 1.79. The van der Waals surface area contributed by atoms with Crippen molar-refractivity contribution in [2.75, 3.05) is 14.1 Å². The normalized spacial score (nSPS) is 11.1. The average Bonchev–Trinajstić information content (AvgIpc) is 2.44. The molecule has 0 saturated heterocycles. The second-order valence-corrected chi connectivity index (χ2v) is 4.11. The molecule has 1 rings (SSSR count). The third kappa shape index (κ3) is 4.02. The Morgan fingerprint density at radius 3 is 2.67 bits per heavy atom. The molecule has 0 amide bonds. The summed E-state index contributed by atoms with van der Waals surface area (Å²) in [6.07, 6.45) is 2.02. The molecule has 6 heteroatoms. The average molecular weight is 387 g/mol. The molecule has 0 bridgehead atoms. The van der Waals surface area contributed by atoms with E-state index < -0.39 is 0 Å². The molecular weight excluding hydrogens is 371 g/mol. The van der Waals surface area contributed by atoms with E-state index in [1.807, 2.05) is 25.2 Å². The fourth-order valence-electron chi connectivity index (χ4n) is 1.22. The monoisotopic (exact) mass is 386 g/mol. The molecule has 0 atom stereocenters. The van der Waals surface area contributed by atoms with Crippen LogP contribution in [0.2, 0.25) is 0 Å². The van der Waals surface area contributed by atoms with Crippen molar-refractivity contribution in [3.63, 3.8) is 0 Å². The summed E-state index contributed by atoms with van der Waals surface area (Å²) >= 11 is 3.43. The zero-order valence-corrected chi connectivity index (χ0v) is 13.0. The highest BCUT2D eigenvalue weighted by atomic mass is 127. The van der Waals surface area contributed by atoms with E-state index in [0.717, 1.165) is 11.0 Å². The number of hydrogen-bond acceptors (Lipinski definition) is 1. The Kier molecular flexibility index (Phi) is 6.26. The third-order valence-electron chi connectivity index (χ3n) is 2.09. The molecule has 1 aromatic heterocycles. The van der Waals surface area contributed by atoms with Crippen molar-refractivity contribution < 1.29 is 0 Å². The van der Waals surface area contributed by atoms with Crippen molar-refractivity contribution in [2.24, 2.45) is 17.8 Å². The molecular formula is C9H16BrIN4. The second kappa shape index (κ2) is 6.37. The minimum atomic E-state index is 0. The zero-order valence-electron chi connectivity index (χ0n) is 9.07. The Bertz CT molecular complexity index is 348. The summed E-state index contributed by atoms with van der Waals surface area (Å²) in [5.41, 5.74) is 6.86. The van der Waals surface area contributed by atoms with Gasteiger partial charge in [0.05, 0.1) is 6.54 Å². The van der Waals surface area contributed by atoms with Gasteiger partial charge in [-0.3, -0.25) is 4.99 Å². The lowest BCUT2D eigenvalue weighted by molar-refractivity contribution is 0.477. The van der Waals surface area contributed by atoms with Gasteiger partial charge in [-0.25, -0.2) is 0 Å². The second-order valence-electron chi connectivity index (χ2n) is 3.20. The van der Waals surface area contributed by atoms with Crippen molar-refractivity contribution in [3.05, 3.63) is 22.4 Å². The van der Waals surface area contributed by atoms with Gasteiger partial charge in [0.25, 0.3) is 0 Å². The molecule has 0 radical (unpaired) electrons. The lowest BCUT2D eigenvalue weighted by atomic mass is 10.4. The van der Waals surface area contributed by atoms with Crippen LogP contribution in [0, 0.1) is 0 Å². The summed E-state index contributed by atoms with van der Waals surface area (Å²) in [7, 11) is 5.61. The number of aryl methyl sites for hydroxylation is 1. The van der Waals surface area contributed by atoms with Crippen LogP contribution in [0.15, 0.2) is 21.7 Å². The quantitative estimate of drug-likeness (QED) is 0.478. The molecule has 0 spiro atoms. The smallest absolute Gasteiger partial charge is 0.191 e. The van der Waals surface area contributed by atoms with E-state index in [1.165, 1.54) is 5.69 Å². The van der Waals surface area contributed by atoms with Crippen LogP contribution in [-0.4, -0.2) is 29.5 Å². The van der Waals surface area contributed by atoms with E-state index in [2.05, 4.69) is 31.6 Å². The number of hydrogen-bond donors (Lipinski definition) is 1. The lowest BCUT2D eigenvalue weighted by Crippen LogP contribution is -2.33. The van der Waals surface area contributed by atoms with Gasteiger partial charge in [0.15, 0.2) is 5.96 Å². The Labute approximate surface area is 116 Å². The minimum Gasteiger partial charge on any atom is -0.370 e. The Morgan fingerprint density at radius 1 is 1.67 bits per heavy atom. The van der Waals surface area contributed by atoms with E-state index in [0.29, 0.717) is 5.96 Å². The maximum atomic E-state index is 5.68. The lowest BCUT2D eigenvalue weighted by Gasteiger charge is -2.17. The van der Waals surface area contributed by atoms with E-state index in [1.54, 1.807) is 7.05 Å². The minimum absolute atomic E-state index is 0. The van der Waals surface area contributed by atoms with E-state index in [9.17, 15) is 0 Å². The van der Waals surface area contributed by atoms with Crippen LogP contribution in [0.1, 0.15) is 5.69 Å². The van der Waals surface area contributed by atoms with E-state index in [4.69, 9.17) is 5.73 Å². The van der Waals surface area contributed by atoms with Gasteiger partial charge in [-0.1, -0.05) is 0 Å². The number of rotatable bonds is 2. The maximum absolute atomic E-state index is 5.68. The number of nitrogens with zero attached hydrogens (tertiary/aromatic N) is 3. The number of aromatic nitrogens is 1. The predicted molar refractivity (Wildman–Crippen MR) is 77.5 cm³/mol. The summed E-state index contributed by atoms with van der Waals surface area (Å²) < 4.78 is 3.14. The Morgan fingerprint density at radius 2 is 2.27 bits per heavy atom. The first-order chi connectivity index (χ1) is 6.54. The number of halogens is 2. The largest absolute Gasteiger partial charge is 0.370 e. The van der Waals surface area contributed by atoms with Crippen molar-refractivity contribution in [1.82, 2.24) is 9.47 Å². The van der Waals surface area contributed by atoms with Crippen molar-refractivity contribution in [1.29, 1.82) is 0 Å². The first-order valence-corrected chi connectivity index (χ1v) is 5.08. The zero-order chi connectivity index (χ0) is 10.7. The summed E-state index contributed by atoms with van der Waals surface area (Å²) in [4.78, 5) is 5.82. The molecule has 0 unspecified atom stereocenters. The van der Waals surface area contributed by atoms with Gasteiger partial charge in [0, 0.05) is 37.5 Å². The molecule has 2 N–H and O–H groups in total. The van der Waals surface area contributed by atoms with Crippen LogP contribution in [0.5, 0.6) is 0 Å². The fraction of sp³-hybridized carbons (Fsp3) is 0.444. The number of aliphatic imine (C=N–C) groups is 1. The van der Waals surface area contributed by atoms with Gasteiger partial charge in [-0.2, -0.15) is 0 Å². The van der Waals surface area contributed by atoms with Crippen LogP contribution >= 0.6 is 39.9 Å². The van der Waals surface area contributed by atoms with Crippen LogP contribution in [-0.2, 0) is 13.6 Å². The molecule has 0 aliphatic heterocycles. The van der Waals surface area contributed by atoms with Crippen molar-refractivity contribution >= 4 is 45.9 Å². The molecule has 1 aromatic rings. The molecule has 0 aliphatic rings. The predicted octanol–water partition coefficient (Wildman–Crippen LogP) is 1.78. The SMILES string of the molecule is CN=C(N)N(C)Cc1cc(Br)cn1C.I. The van der Waals surface area contributed by atoms with E-state index >= 15 is 0 Å². The molecule has 0 aliphatic carbocycles. The Balaban J connectivity index is 0.00000196. The highest BCUT2D eigenvalue weighted by molar-refractivity contribution is 14.0. The maximum Gasteiger partial charge on any atom is 0.191 e. The summed E-state index contributed by atoms with van der Waals surface area (Å²) in [6, 6.07) is 2.07. The van der Waals surface area contributed by atoms with Crippen molar-refractivity contribution in [3.8, 4) is 0 Å². The molecule has 15 heavy (non-hydrogen) atoms. The van der Waals surface area contributed by atoms with Crippen LogP contribution < -0.4 is 5.73 Å². The standard InChI is InChI=1S/C9H15BrN4.HI/c1-12-9(11)14(3)6-8-4-7(10)5-13(8)2;/h4-5H,6H2,1-3H3,(H2,11,12);1H. The van der Waals surface area contributed by atoms with Gasteiger partial charge in [0.1, 0.15) is 0 Å². The highest BCUT2D eigenvalue weighted by Crippen LogP contribution is 2.14. The highest BCUT2D eigenvalue weighted by Gasteiger charge is 2.06. The van der Waals surface area contributed by atoms with Crippen LogP contribution in [0.3, 0.4) is 0 Å². The van der Waals surface area contributed by atoms with Gasteiger partial charge in [-0.05, 0) is 22.0 Å². The van der Waals surface area contributed by atoms with Gasteiger partial charge in [0.2, 0.25) is 0 Å². The molecule has 0 fully saturated rings. The number of guanidine groups is 1. The van der Waals surface area contributed by atoms with E-state index in [-0.39, 0.29) is 24.0 Å². The summed E-state index contributed by atoms with van der Waals surface area (Å²) in [5.74, 6) is 0.544. The third-order valence-corrected chi connectivity index (χ3v) is 2.53. The molecule has 86 valence electrons.